The number of carbonyl (C=O) groups excluding carboxylic acids is 3. The quantitative estimate of drug-likeness (QED) is 0.241. The van der Waals surface area contributed by atoms with E-state index in [9.17, 15) is 14.4 Å². The number of ether oxygens (including phenoxy) is 1. The lowest BCUT2D eigenvalue weighted by molar-refractivity contribution is -0.124. The van der Waals surface area contributed by atoms with Gasteiger partial charge >= 0.3 is 12.1 Å². The number of hydrogen-bond donors (Lipinski definition) is 3. The fourth-order valence-electron chi connectivity index (χ4n) is 5.37. The van der Waals surface area contributed by atoms with E-state index in [1.54, 1.807) is 16.6 Å². The Morgan fingerprint density at radius 1 is 0.844 bits per heavy atom. The maximum absolute atomic E-state index is 13.7. The lowest BCUT2D eigenvalue weighted by Gasteiger charge is -2.34. The number of carbonyl (C=O) groups is 3. The van der Waals surface area contributed by atoms with Crippen molar-refractivity contribution >= 4 is 29.4 Å². The second-order valence-corrected chi connectivity index (χ2v) is 13.0. The van der Waals surface area contributed by atoms with Crippen molar-refractivity contribution in [2.45, 2.75) is 64.3 Å². The molecule has 0 bridgehead atoms. The molecule has 4 rings (SSSR count). The van der Waals surface area contributed by atoms with Gasteiger partial charge in [0.05, 0.1) is 10.4 Å². The molecule has 1 aliphatic rings. The van der Waals surface area contributed by atoms with Crippen LogP contribution in [0.25, 0.3) is 0 Å². The third-order valence-electron chi connectivity index (χ3n) is 8.03. The zero-order valence-electron chi connectivity index (χ0n) is 26.5. The van der Waals surface area contributed by atoms with Gasteiger partial charge in [0, 0.05) is 44.5 Å². The van der Waals surface area contributed by atoms with Gasteiger partial charge in [0.25, 0.3) is 0 Å². The highest BCUT2D eigenvalue weighted by molar-refractivity contribution is 7.09. The summed E-state index contributed by atoms with van der Waals surface area (Å²) in [6.07, 6.45) is 3.68. The Labute approximate surface area is 270 Å². The number of benzene rings is 2. The lowest BCUT2D eigenvalue weighted by Crippen LogP contribution is -2.57. The molecular weight excluding hydrogens is 588 g/mol. The molecule has 2 heterocycles. The minimum Gasteiger partial charge on any atom is -0.444 e. The molecule has 3 atom stereocenters. The third kappa shape index (κ3) is 11.5. The third-order valence-corrected chi connectivity index (χ3v) is 8.78. The summed E-state index contributed by atoms with van der Waals surface area (Å²) >= 11 is 1.44. The van der Waals surface area contributed by atoms with Crippen molar-refractivity contribution in [3.8, 4) is 0 Å². The van der Waals surface area contributed by atoms with Gasteiger partial charge in [-0.3, -0.25) is 9.78 Å². The van der Waals surface area contributed by atoms with Gasteiger partial charge in [0.1, 0.15) is 12.6 Å². The number of aromatic nitrogens is 1. The summed E-state index contributed by atoms with van der Waals surface area (Å²) < 4.78 is 5.48. The minimum absolute atomic E-state index is 0.0976. The molecule has 1 aromatic heterocycles. The molecule has 0 aliphatic carbocycles. The van der Waals surface area contributed by atoms with Crippen molar-refractivity contribution in [1.29, 1.82) is 0 Å². The van der Waals surface area contributed by atoms with Crippen LogP contribution in [0.1, 0.15) is 42.7 Å². The summed E-state index contributed by atoms with van der Waals surface area (Å²) in [4.78, 5) is 48.5. The number of nitrogens with zero attached hydrogens (tertiary/aromatic N) is 3. The summed E-state index contributed by atoms with van der Waals surface area (Å²) in [6.45, 7) is 6.93. The van der Waals surface area contributed by atoms with Crippen LogP contribution in [0.4, 0.5) is 9.59 Å². The van der Waals surface area contributed by atoms with E-state index < -0.39 is 12.1 Å². The van der Waals surface area contributed by atoms with Crippen LogP contribution in [0.15, 0.2) is 72.4 Å². The first-order chi connectivity index (χ1) is 21.8. The Kier molecular flexibility index (Phi) is 13.2. The van der Waals surface area contributed by atoms with E-state index in [1.807, 2.05) is 81.6 Å². The zero-order chi connectivity index (χ0) is 32.0. The standard InChI is InChI=1S/C34H46N6O4S/c1-25(2)31(38-33(42)40-18-16-39(3)17-19-40)32(41)36-28(20-26-10-6-4-7-11-26)14-15-29(21-27-12-8-5-9-13-27)37-34(43)44-23-30-22-35-24-45-30/h4-13,22,24-25,28-29,31H,14-21,23H2,1-3H3,(H,36,41)(H,37,43)(H,38,42). The number of hydrogen-bond acceptors (Lipinski definition) is 7. The van der Waals surface area contributed by atoms with Crippen molar-refractivity contribution in [2.75, 3.05) is 33.2 Å². The van der Waals surface area contributed by atoms with Gasteiger partial charge in [-0.1, -0.05) is 74.5 Å². The number of piperazine rings is 1. The summed E-state index contributed by atoms with van der Waals surface area (Å²) in [5, 5.41) is 9.30. The highest BCUT2D eigenvalue weighted by atomic mass is 32.1. The van der Waals surface area contributed by atoms with Crippen molar-refractivity contribution in [3.63, 3.8) is 0 Å². The van der Waals surface area contributed by atoms with Gasteiger partial charge in [-0.2, -0.15) is 0 Å². The molecule has 3 unspecified atom stereocenters. The van der Waals surface area contributed by atoms with Crippen molar-refractivity contribution in [1.82, 2.24) is 30.7 Å². The first kappa shape index (κ1) is 33.9. The molecule has 0 spiro atoms. The van der Waals surface area contributed by atoms with Crippen LogP contribution >= 0.6 is 11.3 Å². The van der Waals surface area contributed by atoms with Crippen LogP contribution in [-0.2, 0) is 29.0 Å². The van der Waals surface area contributed by atoms with Gasteiger partial charge in [-0.25, -0.2) is 9.59 Å². The Balaban J connectivity index is 1.43. The fraction of sp³-hybridized carbons (Fsp3) is 0.471. The molecule has 2 aromatic carbocycles. The number of thiazole rings is 1. The van der Waals surface area contributed by atoms with Crippen LogP contribution in [-0.4, -0.2) is 84.2 Å². The number of likely N-dealkylation sites (N-methyl/N-ethyl adjacent to an activating group) is 1. The van der Waals surface area contributed by atoms with E-state index in [1.165, 1.54) is 11.3 Å². The van der Waals surface area contributed by atoms with Crippen LogP contribution in [0.2, 0.25) is 0 Å². The van der Waals surface area contributed by atoms with Crippen LogP contribution < -0.4 is 16.0 Å². The molecule has 0 saturated carbocycles. The maximum atomic E-state index is 13.7. The second-order valence-electron chi connectivity index (χ2n) is 12.0. The SMILES string of the molecule is CC(C)C(NC(=O)N1CCN(C)CC1)C(=O)NC(CCC(Cc1ccccc1)NC(=O)OCc1cncs1)Cc1ccccc1. The molecule has 3 aromatic rings. The average Bonchev–Trinajstić information content (AvgIpc) is 3.56. The first-order valence-electron chi connectivity index (χ1n) is 15.7. The maximum Gasteiger partial charge on any atom is 0.407 e. The molecule has 0 radical (unpaired) electrons. The Hall–Kier alpha value is -3.96. The van der Waals surface area contributed by atoms with E-state index in [2.05, 4.69) is 25.8 Å². The highest BCUT2D eigenvalue weighted by Crippen LogP contribution is 2.15. The van der Waals surface area contributed by atoms with Crippen molar-refractivity contribution in [2.24, 2.45) is 5.92 Å². The summed E-state index contributed by atoms with van der Waals surface area (Å²) in [6, 6.07) is 18.7. The van der Waals surface area contributed by atoms with Crippen molar-refractivity contribution in [3.05, 3.63) is 88.4 Å². The molecular formula is C34H46N6O4S. The number of amides is 4. The van der Waals surface area contributed by atoms with E-state index in [0.29, 0.717) is 38.8 Å². The monoisotopic (exact) mass is 634 g/mol. The van der Waals surface area contributed by atoms with Gasteiger partial charge in [0.2, 0.25) is 5.91 Å². The van der Waals surface area contributed by atoms with Gasteiger partial charge in [-0.15, -0.1) is 11.3 Å². The van der Waals surface area contributed by atoms with Gasteiger partial charge in [0.15, 0.2) is 0 Å². The molecule has 1 fully saturated rings. The van der Waals surface area contributed by atoms with E-state index >= 15 is 0 Å². The Morgan fingerprint density at radius 3 is 1.96 bits per heavy atom. The van der Waals surface area contributed by atoms with Crippen LogP contribution in [0.5, 0.6) is 0 Å². The van der Waals surface area contributed by atoms with Gasteiger partial charge in [-0.05, 0) is 49.8 Å². The molecule has 10 nitrogen and oxygen atoms in total. The Morgan fingerprint density at radius 2 is 1.42 bits per heavy atom. The summed E-state index contributed by atoms with van der Waals surface area (Å²) in [7, 11) is 2.04. The molecule has 1 saturated heterocycles. The number of urea groups is 1. The smallest absolute Gasteiger partial charge is 0.407 e. The first-order valence-corrected chi connectivity index (χ1v) is 16.6. The largest absolute Gasteiger partial charge is 0.444 e. The summed E-state index contributed by atoms with van der Waals surface area (Å²) in [5.41, 5.74) is 3.90. The van der Waals surface area contributed by atoms with Crippen molar-refractivity contribution < 1.29 is 19.1 Å². The van der Waals surface area contributed by atoms with E-state index in [4.69, 9.17) is 4.74 Å². The Bertz CT molecular complexity index is 1320. The fourth-order valence-corrected chi connectivity index (χ4v) is 5.87. The minimum atomic E-state index is -0.671. The highest BCUT2D eigenvalue weighted by Gasteiger charge is 2.29. The molecule has 242 valence electrons. The molecule has 45 heavy (non-hydrogen) atoms. The van der Waals surface area contributed by atoms with Gasteiger partial charge < -0.3 is 30.5 Å². The average molecular weight is 635 g/mol. The number of alkyl carbamates (subject to hydrolysis) is 1. The van der Waals surface area contributed by atoms with Crippen LogP contribution in [0, 0.1) is 5.92 Å². The predicted octanol–water partition coefficient (Wildman–Crippen LogP) is 4.47. The molecule has 3 N–H and O–H groups in total. The molecule has 1 aliphatic heterocycles. The number of nitrogens with one attached hydrogen (secondary N) is 3. The number of rotatable bonds is 14. The lowest BCUT2D eigenvalue weighted by atomic mass is 9.95. The molecule has 11 heteroatoms. The van der Waals surface area contributed by atoms with E-state index in [-0.39, 0.29) is 36.5 Å². The topological polar surface area (TPSA) is 116 Å². The normalized spacial score (nSPS) is 15.6. The van der Waals surface area contributed by atoms with Crippen LogP contribution in [0.3, 0.4) is 0 Å². The predicted molar refractivity (Wildman–Crippen MR) is 177 cm³/mol. The second kappa shape index (κ2) is 17.5. The zero-order valence-corrected chi connectivity index (χ0v) is 27.3. The molecule has 4 amide bonds. The van der Waals surface area contributed by atoms with E-state index in [0.717, 1.165) is 29.1 Å². The summed E-state index contributed by atoms with van der Waals surface area (Å²) in [5.74, 6) is -0.301.